The summed E-state index contributed by atoms with van der Waals surface area (Å²) in [6.45, 7) is 8.89. The van der Waals surface area contributed by atoms with Gasteiger partial charge in [0.2, 0.25) is 0 Å². The third-order valence-corrected chi connectivity index (χ3v) is 6.18. The Kier molecular flexibility index (Phi) is 5.75. The smallest absolute Gasteiger partial charge is 0.306 e. The maximum absolute atomic E-state index is 11.4. The summed E-state index contributed by atoms with van der Waals surface area (Å²) in [5.74, 6) is 0.947. The standard InChI is InChI=1S/C15H29NO2S/c1-6-11(16)13(14(2,3)4)19-10-15(7-8-15)9-12(17)18-5/h11,13H,6-10,16H2,1-5H3. The molecule has 0 aromatic rings. The van der Waals surface area contributed by atoms with Crippen molar-refractivity contribution in [3.63, 3.8) is 0 Å². The summed E-state index contributed by atoms with van der Waals surface area (Å²) < 4.78 is 4.80. The molecular formula is C15H29NO2S. The highest BCUT2D eigenvalue weighted by atomic mass is 32.2. The number of rotatable bonds is 7. The Hall–Kier alpha value is -0.220. The lowest BCUT2D eigenvalue weighted by atomic mass is 9.87. The van der Waals surface area contributed by atoms with Crippen molar-refractivity contribution in [2.24, 2.45) is 16.6 Å². The number of ether oxygens (including phenoxy) is 1. The maximum Gasteiger partial charge on any atom is 0.306 e. The molecule has 0 radical (unpaired) electrons. The molecule has 0 aromatic heterocycles. The van der Waals surface area contributed by atoms with Crippen molar-refractivity contribution in [2.45, 2.75) is 64.7 Å². The molecule has 0 saturated heterocycles. The van der Waals surface area contributed by atoms with Gasteiger partial charge in [0.1, 0.15) is 0 Å². The number of hydrogen-bond acceptors (Lipinski definition) is 4. The van der Waals surface area contributed by atoms with Crippen molar-refractivity contribution < 1.29 is 9.53 Å². The molecule has 0 aliphatic heterocycles. The highest BCUT2D eigenvalue weighted by Gasteiger charge is 2.45. The Labute approximate surface area is 122 Å². The molecule has 1 rings (SSSR count). The van der Waals surface area contributed by atoms with Crippen LogP contribution in [0.4, 0.5) is 0 Å². The van der Waals surface area contributed by atoms with Crippen molar-refractivity contribution in [1.82, 2.24) is 0 Å². The topological polar surface area (TPSA) is 52.3 Å². The molecule has 2 atom stereocenters. The molecule has 1 fully saturated rings. The molecular weight excluding hydrogens is 258 g/mol. The second-order valence-corrected chi connectivity index (χ2v) is 8.05. The van der Waals surface area contributed by atoms with Crippen LogP contribution in [0.15, 0.2) is 0 Å². The first-order chi connectivity index (χ1) is 8.74. The van der Waals surface area contributed by atoms with E-state index >= 15 is 0 Å². The van der Waals surface area contributed by atoms with Crippen molar-refractivity contribution >= 4 is 17.7 Å². The van der Waals surface area contributed by atoms with Crippen LogP contribution in [-0.2, 0) is 9.53 Å². The Morgan fingerprint density at radius 2 is 2.00 bits per heavy atom. The van der Waals surface area contributed by atoms with Gasteiger partial charge in [-0.05, 0) is 35.8 Å². The summed E-state index contributed by atoms with van der Waals surface area (Å²) in [6.07, 6.45) is 3.86. The van der Waals surface area contributed by atoms with Crippen LogP contribution in [0.3, 0.4) is 0 Å². The third kappa shape index (κ3) is 4.99. The Morgan fingerprint density at radius 1 is 1.42 bits per heavy atom. The molecule has 3 nitrogen and oxygen atoms in total. The van der Waals surface area contributed by atoms with Gasteiger partial charge in [-0.25, -0.2) is 0 Å². The first-order valence-electron chi connectivity index (χ1n) is 7.18. The monoisotopic (exact) mass is 287 g/mol. The van der Waals surface area contributed by atoms with Crippen molar-refractivity contribution in [3.05, 3.63) is 0 Å². The van der Waals surface area contributed by atoms with Crippen LogP contribution in [0.2, 0.25) is 0 Å². The predicted octanol–water partition coefficient (Wildman–Crippen LogP) is 3.21. The zero-order valence-electron chi connectivity index (χ0n) is 13.0. The summed E-state index contributed by atoms with van der Waals surface area (Å²) in [5.41, 5.74) is 6.65. The first kappa shape index (κ1) is 16.8. The van der Waals surface area contributed by atoms with Gasteiger partial charge < -0.3 is 10.5 Å². The second kappa shape index (κ2) is 6.49. The predicted molar refractivity (Wildman–Crippen MR) is 82.3 cm³/mol. The minimum absolute atomic E-state index is 0.0785. The molecule has 0 aromatic carbocycles. The van der Waals surface area contributed by atoms with E-state index in [0.29, 0.717) is 11.7 Å². The number of thioether (sulfide) groups is 1. The number of carbonyl (C=O) groups excluding carboxylic acids is 1. The molecule has 1 aliphatic rings. The number of nitrogens with two attached hydrogens (primary N) is 1. The Morgan fingerprint density at radius 3 is 2.37 bits per heavy atom. The fraction of sp³-hybridized carbons (Fsp3) is 0.933. The van der Waals surface area contributed by atoms with Crippen LogP contribution in [0.1, 0.15) is 53.4 Å². The SMILES string of the molecule is CCC(N)C(SCC1(CC(=O)OC)CC1)C(C)(C)C. The summed E-state index contributed by atoms with van der Waals surface area (Å²) in [6, 6.07) is 0.221. The van der Waals surface area contributed by atoms with Gasteiger partial charge >= 0.3 is 5.97 Å². The van der Waals surface area contributed by atoms with Crippen LogP contribution in [0.25, 0.3) is 0 Å². The first-order valence-corrected chi connectivity index (χ1v) is 8.23. The lowest BCUT2D eigenvalue weighted by molar-refractivity contribution is -0.141. The van der Waals surface area contributed by atoms with Crippen molar-refractivity contribution in [1.29, 1.82) is 0 Å². The average molecular weight is 287 g/mol. The van der Waals surface area contributed by atoms with Gasteiger partial charge in [0.15, 0.2) is 0 Å². The van der Waals surface area contributed by atoms with Gasteiger partial charge in [-0.15, -0.1) is 0 Å². The minimum Gasteiger partial charge on any atom is -0.469 e. The zero-order chi connectivity index (χ0) is 14.7. The van der Waals surface area contributed by atoms with E-state index in [-0.39, 0.29) is 22.8 Å². The van der Waals surface area contributed by atoms with E-state index in [2.05, 4.69) is 27.7 Å². The highest BCUT2D eigenvalue weighted by molar-refractivity contribution is 8.00. The zero-order valence-corrected chi connectivity index (χ0v) is 13.8. The quantitative estimate of drug-likeness (QED) is 0.731. The van der Waals surface area contributed by atoms with Crippen LogP contribution < -0.4 is 5.73 Å². The van der Waals surface area contributed by atoms with Crippen LogP contribution in [-0.4, -0.2) is 30.1 Å². The molecule has 0 amide bonds. The molecule has 0 bridgehead atoms. The third-order valence-electron chi connectivity index (χ3n) is 3.99. The lowest BCUT2D eigenvalue weighted by Crippen LogP contribution is -2.41. The van der Waals surface area contributed by atoms with E-state index in [1.807, 2.05) is 11.8 Å². The fourth-order valence-electron chi connectivity index (χ4n) is 2.42. The molecule has 1 saturated carbocycles. The largest absolute Gasteiger partial charge is 0.469 e. The summed E-state index contributed by atoms with van der Waals surface area (Å²) in [4.78, 5) is 11.4. The molecule has 112 valence electrons. The average Bonchev–Trinajstić information content (AvgIpc) is 3.07. The summed E-state index contributed by atoms with van der Waals surface area (Å²) >= 11 is 1.95. The molecule has 2 N–H and O–H groups in total. The van der Waals surface area contributed by atoms with Gasteiger partial charge in [0.05, 0.1) is 13.5 Å². The highest BCUT2D eigenvalue weighted by Crippen LogP contribution is 2.52. The van der Waals surface area contributed by atoms with Gasteiger partial charge in [-0.2, -0.15) is 11.8 Å². The molecule has 2 unspecified atom stereocenters. The van der Waals surface area contributed by atoms with Gasteiger partial charge in [-0.3, -0.25) is 4.79 Å². The van der Waals surface area contributed by atoms with Crippen LogP contribution in [0.5, 0.6) is 0 Å². The van der Waals surface area contributed by atoms with Crippen LogP contribution in [0, 0.1) is 10.8 Å². The Bertz CT molecular complexity index is 308. The molecule has 0 heterocycles. The van der Waals surface area contributed by atoms with Crippen molar-refractivity contribution in [3.8, 4) is 0 Å². The number of hydrogen-bond donors (Lipinski definition) is 1. The summed E-state index contributed by atoms with van der Waals surface area (Å²) in [7, 11) is 1.47. The molecule has 19 heavy (non-hydrogen) atoms. The van der Waals surface area contributed by atoms with E-state index in [4.69, 9.17) is 10.5 Å². The molecule has 0 spiro atoms. The Balaban J connectivity index is 2.55. The molecule has 4 heteroatoms. The minimum atomic E-state index is -0.0785. The van der Waals surface area contributed by atoms with E-state index < -0.39 is 0 Å². The number of carbonyl (C=O) groups is 1. The van der Waals surface area contributed by atoms with Crippen LogP contribution >= 0.6 is 11.8 Å². The van der Waals surface area contributed by atoms with E-state index in [1.54, 1.807) is 0 Å². The van der Waals surface area contributed by atoms with Crippen molar-refractivity contribution in [2.75, 3.05) is 12.9 Å². The van der Waals surface area contributed by atoms with E-state index in [1.165, 1.54) is 7.11 Å². The second-order valence-electron chi connectivity index (χ2n) is 6.92. The fourth-order valence-corrected chi connectivity index (χ4v) is 4.29. The summed E-state index contributed by atoms with van der Waals surface area (Å²) in [5, 5.41) is 0.438. The number of methoxy groups -OCH3 is 1. The lowest BCUT2D eigenvalue weighted by Gasteiger charge is -2.35. The van der Waals surface area contributed by atoms with E-state index in [9.17, 15) is 4.79 Å². The van der Waals surface area contributed by atoms with Gasteiger partial charge in [0.25, 0.3) is 0 Å². The number of esters is 1. The normalized spacial score (nSPS) is 20.7. The molecule has 1 aliphatic carbocycles. The maximum atomic E-state index is 11.4. The van der Waals surface area contributed by atoms with Gasteiger partial charge in [-0.1, -0.05) is 27.7 Å². The van der Waals surface area contributed by atoms with Gasteiger partial charge in [0, 0.05) is 11.3 Å². The van der Waals surface area contributed by atoms with E-state index in [0.717, 1.165) is 25.0 Å².